The van der Waals surface area contributed by atoms with Crippen LogP contribution >= 0.6 is 0 Å². The second kappa shape index (κ2) is 7.65. The third-order valence-electron chi connectivity index (χ3n) is 2.50. The summed E-state index contributed by atoms with van der Waals surface area (Å²) in [6.07, 6.45) is -0.108. The fourth-order valence-corrected chi connectivity index (χ4v) is 1.19. The number of rotatable bonds is 7. The number of methoxy groups -OCH3 is 1. The van der Waals surface area contributed by atoms with Crippen LogP contribution < -0.4 is 11.1 Å². The van der Waals surface area contributed by atoms with Crippen LogP contribution in [0.1, 0.15) is 26.7 Å². The molecule has 0 aliphatic rings. The van der Waals surface area contributed by atoms with E-state index < -0.39 is 29.9 Å². The summed E-state index contributed by atoms with van der Waals surface area (Å²) in [4.78, 5) is 33.4. The maximum atomic E-state index is 11.6. The summed E-state index contributed by atoms with van der Waals surface area (Å²) < 4.78 is 4.40. The maximum Gasteiger partial charge on any atom is 0.326 e. The summed E-state index contributed by atoms with van der Waals surface area (Å²) >= 11 is 0. The molecule has 1 amide bonds. The molecule has 0 aromatic rings. The molecule has 0 radical (unpaired) electrons. The van der Waals surface area contributed by atoms with Crippen molar-refractivity contribution >= 4 is 17.8 Å². The van der Waals surface area contributed by atoms with Crippen molar-refractivity contribution in [1.29, 1.82) is 0 Å². The van der Waals surface area contributed by atoms with Gasteiger partial charge in [-0.05, 0) is 12.3 Å². The van der Waals surface area contributed by atoms with E-state index in [2.05, 4.69) is 10.1 Å². The van der Waals surface area contributed by atoms with Crippen molar-refractivity contribution in [3.05, 3.63) is 0 Å². The first-order chi connectivity index (χ1) is 8.29. The predicted molar refractivity (Wildman–Crippen MR) is 63.6 cm³/mol. The molecule has 2 unspecified atom stereocenters. The van der Waals surface area contributed by atoms with Crippen LogP contribution in [0, 0.1) is 5.92 Å². The molecule has 104 valence electrons. The Hall–Kier alpha value is -1.63. The van der Waals surface area contributed by atoms with Gasteiger partial charge in [-0.15, -0.1) is 0 Å². The normalized spacial score (nSPS) is 13.8. The molecule has 2 atom stereocenters. The fraction of sp³-hybridized carbons (Fsp3) is 0.727. The van der Waals surface area contributed by atoms with E-state index >= 15 is 0 Å². The van der Waals surface area contributed by atoms with E-state index in [9.17, 15) is 14.4 Å². The third-order valence-corrected chi connectivity index (χ3v) is 2.50. The van der Waals surface area contributed by atoms with Crippen LogP contribution in [0.4, 0.5) is 0 Å². The average molecular weight is 260 g/mol. The van der Waals surface area contributed by atoms with Gasteiger partial charge < -0.3 is 20.9 Å². The molecule has 0 aromatic carbocycles. The number of nitrogens with two attached hydrogens (primary N) is 1. The van der Waals surface area contributed by atoms with E-state index in [1.807, 2.05) is 0 Å². The molecule has 7 nitrogen and oxygen atoms in total. The number of carbonyl (C=O) groups excluding carboxylic acids is 2. The van der Waals surface area contributed by atoms with Crippen LogP contribution in [0.5, 0.6) is 0 Å². The number of ether oxygens (including phenoxy) is 1. The summed E-state index contributed by atoms with van der Waals surface area (Å²) in [6, 6.07) is -1.91. The molecule has 0 aliphatic carbocycles. The molecule has 18 heavy (non-hydrogen) atoms. The summed E-state index contributed by atoms with van der Waals surface area (Å²) in [7, 11) is 1.21. The number of nitrogens with one attached hydrogen (secondary N) is 1. The lowest BCUT2D eigenvalue weighted by atomic mass is 10.0. The lowest BCUT2D eigenvalue weighted by molar-refractivity contribution is -0.144. The molecule has 0 heterocycles. The van der Waals surface area contributed by atoms with Crippen molar-refractivity contribution in [2.45, 2.75) is 38.8 Å². The molecule has 0 spiro atoms. The maximum absolute atomic E-state index is 11.6. The quantitative estimate of drug-likeness (QED) is 0.530. The highest BCUT2D eigenvalue weighted by molar-refractivity contribution is 5.87. The lowest BCUT2D eigenvalue weighted by Crippen LogP contribution is -2.50. The minimum absolute atomic E-state index is 0.0292. The van der Waals surface area contributed by atoms with Crippen molar-refractivity contribution in [1.82, 2.24) is 5.32 Å². The Morgan fingerprint density at radius 1 is 1.33 bits per heavy atom. The smallest absolute Gasteiger partial charge is 0.326 e. The number of carboxylic acid groups (broad SMARTS) is 1. The van der Waals surface area contributed by atoms with Crippen LogP contribution in [-0.4, -0.2) is 42.1 Å². The van der Waals surface area contributed by atoms with Crippen LogP contribution in [0.3, 0.4) is 0 Å². The van der Waals surface area contributed by atoms with E-state index in [1.165, 1.54) is 7.11 Å². The number of hydrogen-bond acceptors (Lipinski definition) is 5. The molecular formula is C11H20N2O5. The number of aliphatic carboxylic acids is 1. The summed E-state index contributed by atoms with van der Waals surface area (Å²) in [5.41, 5.74) is 5.59. The first-order valence-electron chi connectivity index (χ1n) is 5.65. The zero-order valence-corrected chi connectivity index (χ0v) is 10.8. The number of carbonyl (C=O) groups is 3. The Balaban J connectivity index is 4.41. The van der Waals surface area contributed by atoms with Crippen molar-refractivity contribution in [3.63, 3.8) is 0 Å². The van der Waals surface area contributed by atoms with Crippen LogP contribution in [0.25, 0.3) is 0 Å². The predicted octanol–water partition coefficient (Wildman–Crippen LogP) is -0.508. The van der Waals surface area contributed by atoms with Gasteiger partial charge in [0.2, 0.25) is 5.91 Å². The standard InChI is InChI=1S/C11H20N2O5/c1-6(2)9(12)10(15)13-7(11(16)17)4-5-8(14)18-3/h6-7,9H,4-5,12H2,1-3H3,(H,13,15)(H,16,17). The number of hydrogen-bond donors (Lipinski definition) is 3. The fourth-order valence-electron chi connectivity index (χ4n) is 1.19. The molecule has 0 aromatic heterocycles. The number of carboxylic acids is 1. The Kier molecular flexibility index (Phi) is 6.96. The van der Waals surface area contributed by atoms with E-state index in [0.29, 0.717) is 0 Å². The van der Waals surface area contributed by atoms with Gasteiger partial charge in [0.05, 0.1) is 13.2 Å². The summed E-state index contributed by atoms with van der Waals surface area (Å²) in [5.74, 6) is -2.37. The van der Waals surface area contributed by atoms with E-state index in [1.54, 1.807) is 13.8 Å². The van der Waals surface area contributed by atoms with E-state index in [4.69, 9.17) is 10.8 Å². The highest BCUT2D eigenvalue weighted by Gasteiger charge is 2.25. The average Bonchev–Trinajstić information content (AvgIpc) is 2.31. The van der Waals surface area contributed by atoms with Crippen LogP contribution in [-0.2, 0) is 19.1 Å². The van der Waals surface area contributed by atoms with Crippen molar-refractivity contribution in [3.8, 4) is 0 Å². The van der Waals surface area contributed by atoms with Gasteiger partial charge in [0.25, 0.3) is 0 Å². The van der Waals surface area contributed by atoms with E-state index in [-0.39, 0.29) is 18.8 Å². The Labute approximate surface area is 106 Å². The molecule has 0 saturated heterocycles. The van der Waals surface area contributed by atoms with Crippen LogP contribution in [0.15, 0.2) is 0 Å². The summed E-state index contributed by atoms with van der Waals surface area (Å²) in [5, 5.41) is 11.2. The first kappa shape index (κ1) is 16.4. The lowest BCUT2D eigenvalue weighted by Gasteiger charge is -2.19. The second-order valence-corrected chi connectivity index (χ2v) is 4.28. The monoisotopic (exact) mass is 260 g/mol. The Bertz CT molecular complexity index is 317. The topological polar surface area (TPSA) is 119 Å². The Morgan fingerprint density at radius 3 is 2.28 bits per heavy atom. The molecular weight excluding hydrogens is 240 g/mol. The zero-order valence-electron chi connectivity index (χ0n) is 10.8. The second-order valence-electron chi connectivity index (χ2n) is 4.28. The summed E-state index contributed by atoms with van der Waals surface area (Å²) in [6.45, 7) is 3.52. The van der Waals surface area contributed by atoms with Crippen molar-refractivity contribution in [2.24, 2.45) is 11.7 Å². The van der Waals surface area contributed by atoms with Crippen LogP contribution in [0.2, 0.25) is 0 Å². The van der Waals surface area contributed by atoms with Gasteiger partial charge in [0.1, 0.15) is 6.04 Å². The van der Waals surface area contributed by atoms with Gasteiger partial charge in [-0.25, -0.2) is 4.79 Å². The third kappa shape index (κ3) is 5.62. The van der Waals surface area contributed by atoms with Gasteiger partial charge in [-0.1, -0.05) is 13.8 Å². The molecule has 4 N–H and O–H groups in total. The molecule has 0 fully saturated rings. The van der Waals surface area contributed by atoms with Gasteiger partial charge in [0, 0.05) is 6.42 Å². The SMILES string of the molecule is COC(=O)CCC(NC(=O)C(N)C(C)C)C(=O)O. The van der Waals surface area contributed by atoms with Crippen molar-refractivity contribution in [2.75, 3.05) is 7.11 Å². The molecule has 0 bridgehead atoms. The first-order valence-corrected chi connectivity index (χ1v) is 5.65. The highest BCUT2D eigenvalue weighted by Crippen LogP contribution is 2.03. The molecule has 7 heteroatoms. The molecule has 0 rings (SSSR count). The number of amides is 1. The zero-order chi connectivity index (χ0) is 14.3. The Morgan fingerprint density at radius 2 is 1.89 bits per heavy atom. The van der Waals surface area contributed by atoms with Gasteiger partial charge in [-0.2, -0.15) is 0 Å². The molecule has 0 saturated carbocycles. The highest BCUT2D eigenvalue weighted by atomic mass is 16.5. The number of esters is 1. The minimum Gasteiger partial charge on any atom is -0.480 e. The largest absolute Gasteiger partial charge is 0.480 e. The van der Waals surface area contributed by atoms with Gasteiger partial charge in [-0.3, -0.25) is 9.59 Å². The van der Waals surface area contributed by atoms with Crippen molar-refractivity contribution < 1.29 is 24.2 Å². The van der Waals surface area contributed by atoms with E-state index in [0.717, 1.165) is 0 Å². The van der Waals surface area contributed by atoms with Gasteiger partial charge >= 0.3 is 11.9 Å². The molecule has 0 aliphatic heterocycles. The minimum atomic E-state index is -1.21. The van der Waals surface area contributed by atoms with Gasteiger partial charge in [0.15, 0.2) is 0 Å².